The Bertz CT molecular complexity index is 974. The fraction of sp³-hybridized carbons (Fsp3) is 0. The summed E-state index contributed by atoms with van der Waals surface area (Å²) >= 11 is 5.35. The van der Waals surface area contributed by atoms with Crippen molar-refractivity contribution in [3.05, 3.63) is 78.9 Å². The monoisotopic (exact) mass is 344 g/mol. The Kier molecular flexibility index (Phi) is 4.14. The van der Waals surface area contributed by atoms with Gasteiger partial charge in [-0.25, -0.2) is 4.98 Å². The van der Waals surface area contributed by atoms with E-state index in [1.54, 1.807) is 0 Å². The number of aromatic nitrogens is 2. The average molecular weight is 344 g/mol. The average Bonchev–Trinajstić information content (AvgIpc) is 3.07. The summed E-state index contributed by atoms with van der Waals surface area (Å²) in [6.45, 7) is 0. The maximum absolute atomic E-state index is 5.35. The van der Waals surface area contributed by atoms with Gasteiger partial charge in [0.15, 0.2) is 5.11 Å². The maximum atomic E-state index is 5.35. The number of aromatic amines is 1. The number of benzene rings is 3. The van der Waals surface area contributed by atoms with Crippen molar-refractivity contribution < 1.29 is 0 Å². The second-order valence-electron chi connectivity index (χ2n) is 5.63. The van der Waals surface area contributed by atoms with Gasteiger partial charge in [0.1, 0.15) is 5.82 Å². The zero-order chi connectivity index (χ0) is 17.1. The van der Waals surface area contributed by atoms with E-state index in [1.807, 2.05) is 78.9 Å². The largest absolute Gasteiger partial charge is 0.338 e. The summed E-state index contributed by atoms with van der Waals surface area (Å²) in [6.07, 6.45) is 0. The molecule has 0 aliphatic carbocycles. The van der Waals surface area contributed by atoms with Gasteiger partial charge in [-0.05, 0) is 60.7 Å². The predicted molar refractivity (Wildman–Crippen MR) is 108 cm³/mol. The van der Waals surface area contributed by atoms with E-state index in [1.165, 1.54) is 0 Å². The molecule has 0 atom stereocenters. The zero-order valence-corrected chi connectivity index (χ0v) is 14.2. The highest BCUT2D eigenvalue weighted by atomic mass is 32.1. The molecule has 0 aliphatic rings. The van der Waals surface area contributed by atoms with E-state index in [0.29, 0.717) is 5.11 Å². The van der Waals surface area contributed by atoms with Crippen molar-refractivity contribution in [3.8, 4) is 11.4 Å². The third kappa shape index (κ3) is 3.51. The lowest BCUT2D eigenvalue weighted by molar-refractivity contribution is 1.34. The molecule has 0 spiro atoms. The highest BCUT2D eigenvalue weighted by Gasteiger charge is 2.05. The smallest absolute Gasteiger partial charge is 0.175 e. The first-order valence-corrected chi connectivity index (χ1v) is 8.37. The van der Waals surface area contributed by atoms with Gasteiger partial charge >= 0.3 is 0 Å². The minimum Gasteiger partial charge on any atom is -0.338 e. The van der Waals surface area contributed by atoms with Gasteiger partial charge in [-0.2, -0.15) is 0 Å². The molecule has 4 aromatic rings. The lowest BCUT2D eigenvalue weighted by atomic mass is 10.2. The third-order valence-electron chi connectivity index (χ3n) is 3.84. The standard InChI is InChI=1S/C20H16N4S/c25-20(21-15-6-2-1-3-7-15)22-16-12-10-14(11-13-16)19-23-17-8-4-5-9-18(17)24-19/h1-13H,(H,23,24)(H2,21,22,25). The van der Waals surface area contributed by atoms with Crippen LogP contribution in [0.4, 0.5) is 11.4 Å². The van der Waals surface area contributed by atoms with Gasteiger partial charge in [0.25, 0.3) is 0 Å². The Morgan fingerprint density at radius 2 is 1.40 bits per heavy atom. The Morgan fingerprint density at radius 3 is 2.12 bits per heavy atom. The summed E-state index contributed by atoms with van der Waals surface area (Å²) in [5.41, 5.74) is 4.91. The van der Waals surface area contributed by atoms with Crippen LogP contribution in [0.25, 0.3) is 22.4 Å². The second kappa shape index (κ2) is 6.75. The van der Waals surface area contributed by atoms with E-state index < -0.39 is 0 Å². The van der Waals surface area contributed by atoms with Crippen molar-refractivity contribution in [3.63, 3.8) is 0 Å². The minimum atomic E-state index is 0.558. The maximum Gasteiger partial charge on any atom is 0.175 e. The molecule has 0 unspecified atom stereocenters. The van der Waals surface area contributed by atoms with Gasteiger partial charge in [-0.3, -0.25) is 0 Å². The number of nitrogens with one attached hydrogen (secondary N) is 3. The molecule has 0 fully saturated rings. The van der Waals surface area contributed by atoms with E-state index in [0.717, 1.165) is 33.8 Å². The highest BCUT2D eigenvalue weighted by Crippen LogP contribution is 2.22. The molecule has 122 valence electrons. The molecule has 1 heterocycles. The number of H-pyrrole nitrogens is 1. The number of rotatable bonds is 3. The molecular formula is C20H16N4S. The first-order valence-electron chi connectivity index (χ1n) is 7.96. The molecular weight excluding hydrogens is 328 g/mol. The van der Waals surface area contributed by atoms with Crippen LogP contribution in [0, 0.1) is 0 Å². The lowest BCUT2D eigenvalue weighted by Crippen LogP contribution is -2.18. The van der Waals surface area contributed by atoms with Crippen molar-refractivity contribution in [2.75, 3.05) is 10.6 Å². The van der Waals surface area contributed by atoms with Crippen LogP contribution in [0.15, 0.2) is 78.9 Å². The number of fused-ring (bicyclic) bond motifs is 1. The number of hydrogen-bond acceptors (Lipinski definition) is 2. The molecule has 0 bridgehead atoms. The Balaban J connectivity index is 1.47. The van der Waals surface area contributed by atoms with E-state index in [2.05, 4.69) is 20.6 Å². The molecule has 0 saturated heterocycles. The topological polar surface area (TPSA) is 52.7 Å². The first kappa shape index (κ1) is 15.4. The van der Waals surface area contributed by atoms with Crippen molar-refractivity contribution >= 4 is 39.7 Å². The predicted octanol–water partition coefficient (Wildman–Crippen LogP) is 5.04. The van der Waals surface area contributed by atoms with Gasteiger partial charge in [0, 0.05) is 16.9 Å². The summed E-state index contributed by atoms with van der Waals surface area (Å²) in [5.74, 6) is 0.859. The molecule has 3 N–H and O–H groups in total. The van der Waals surface area contributed by atoms with Crippen LogP contribution in [-0.2, 0) is 0 Å². The van der Waals surface area contributed by atoms with Crippen molar-refractivity contribution in [2.24, 2.45) is 0 Å². The first-order chi connectivity index (χ1) is 12.3. The SMILES string of the molecule is S=C(Nc1ccccc1)Nc1ccc(-c2nc3ccccc3[nH]2)cc1. The Hall–Kier alpha value is -3.18. The summed E-state index contributed by atoms with van der Waals surface area (Å²) in [5, 5.41) is 6.90. The number of nitrogens with zero attached hydrogens (tertiary/aromatic N) is 1. The Labute approximate surface area is 150 Å². The molecule has 1 aromatic heterocycles. The Morgan fingerprint density at radius 1 is 0.760 bits per heavy atom. The molecule has 3 aromatic carbocycles. The summed E-state index contributed by atoms with van der Waals surface area (Å²) in [4.78, 5) is 7.95. The zero-order valence-electron chi connectivity index (χ0n) is 13.4. The van der Waals surface area contributed by atoms with Crippen molar-refractivity contribution in [1.82, 2.24) is 9.97 Å². The van der Waals surface area contributed by atoms with Crippen LogP contribution in [0.3, 0.4) is 0 Å². The number of imidazole rings is 1. The number of thiocarbonyl (C=S) groups is 1. The van der Waals surface area contributed by atoms with Gasteiger partial charge < -0.3 is 15.6 Å². The van der Waals surface area contributed by atoms with Gasteiger partial charge in [0.05, 0.1) is 11.0 Å². The summed E-state index contributed by atoms with van der Waals surface area (Å²) in [6, 6.07) is 25.9. The third-order valence-corrected chi connectivity index (χ3v) is 4.04. The van der Waals surface area contributed by atoms with Crippen LogP contribution in [-0.4, -0.2) is 15.1 Å². The summed E-state index contributed by atoms with van der Waals surface area (Å²) in [7, 11) is 0. The second-order valence-corrected chi connectivity index (χ2v) is 6.03. The van der Waals surface area contributed by atoms with Crippen LogP contribution < -0.4 is 10.6 Å². The molecule has 0 radical (unpaired) electrons. The van der Waals surface area contributed by atoms with Gasteiger partial charge in [-0.1, -0.05) is 30.3 Å². The lowest BCUT2D eigenvalue weighted by Gasteiger charge is -2.10. The van der Waals surface area contributed by atoms with Crippen molar-refractivity contribution in [1.29, 1.82) is 0 Å². The fourth-order valence-electron chi connectivity index (χ4n) is 2.62. The van der Waals surface area contributed by atoms with Crippen molar-refractivity contribution in [2.45, 2.75) is 0 Å². The van der Waals surface area contributed by atoms with Crippen LogP contribution in [0.1, 0.15) is 0 Å². The van der Waals surface area contributed by atoms with Crippen LogP contribution in [0.5, 0.6) is 0 Å². The molecule has 4 rings (SSSR count). The van der Waals surface area contributed by atoms with Gasteiger partial charge in [-0.15, -0.1) is 0 Å². The normalized spacial score (nSPS) is 10.6. The molecule has 5 heteroatoms. The number of anilines is 2. The van der Waals surface area contributed by atoms with E-state index >= 15 is 0 Å². The molecule has 0 saturated carbocycles. The summed E-state index contributed by atoms with van der Waals surface area (Å²) < 4.78 is 0. The molecule has 4 nitrogen and oxygen atoms in total. The molecule has 25 heavy (non-hydrogen) atoms. The number of para-hydroxylation sites is 3. The molecule has 0 aliphatic heterocycles. The van der Waals surface area contributed by atoms with Crippen LogP contribution in [0.2, 0.25) is 0 Å². The molecule has 0 amide bonds. The number of hydrogen-bond donors (Lipinski definition) is 3. The quantitative estimate of drug-likeness (QED) is 0.456. The van der Waals surface area contributed by atoms with Crippen LogP contribution >= 0.6 is 12.2 Å². The minimum absolute atomic E-state index is 0.558. The fourth-order valence-corrected chi connectivity index (χ4v) is 2.85. The van der Waals surface area contributed by atoms with Gasteiger partial charge in [0.2, 0.25) is 0 Å². The van der Waals surface area contributed by atoms with E-state index in [4.69, 9.17) is 12.2 Å². The van der Waals surface area contributed by atoms with E-state index in [-0.39, 0.29) is 0 Å². The van der Waals surface area contributed by atoms with E-state index in [9.17, 15) is 0 Å². The highest BCUT2D eigenvalue weighted by molar-refractivity contribution is 7.80.